The van der Waals surface area contributed by atoms with Gasteiger partial charge >= 0.3 is 0 Å². The summed E-state index contributed by atoms with van der Waals surface area (Å²) < 4.78 is 5.21. The largest absolute Gasteiger partial charge is 0.383 e. The van der Waals surface area contributed by atoms with Crippen LogP contribution in [0.1, 0.15) is 39.0 Å². The molecule has 0 aromatic carbocycles. The Kier molecular flexibility index (Phi) is 5.58. The van der Waals surface area contributed by atoms with E-state index in [0.717, 1.165) is 32.5 Å². The van der Waals surface area contributed by atoms with Gasteiger partial charge in [-0.3, -0.25) is 0 Å². The summed E-state index contributed by atoms with van der Waals surface area (Å²) in [6.45, 7) is 5.08. The van der Waals surface area contributed by atoms with Gasteiger partial charge < -0.3 is 15.8 Å². The lowest BCUT2D eigenvalue weighted by atomic mass is 9.70. The Morgan fingerprint density at radius 2 is 2.20 bits per heavy atom. The highest BCUT2D eigenvalue weighted by molar-refractivity contribution is 4.86. The summed E-state index contributed by atoms with van der Waals surface area (Å²) in [5.74, 6) is 0. The van der Waals surface area contributed by atoms with E-state index in [-0.39, 0.29) is 0 Å². The lowest BCUT2D eigenvalue weighted by Gasteiger charge is -2.39. The summed E-state index contributed by atoms with van der Waals surface area (Å²) in [4.78, 5) is 0. The fourth-order valence-corrected chi connectivity index (χ4v) is 2.16. The van der Waals surface area contributed by atoms with Gasteiger partial charge in [0.2, 0.25) is 0 Å². The third-order valence-corrected chi connectivity index (χ3v) is 3.50. The zero-order chi connectivity index (χ0) is 11.1. The maximum atomic E-state index is 5.52. The van der Waals surface area contributed by atoms with Crippen LogP contribution in [0.5, 0.6) is 0 Å². The Morgan fingerprint density at radius 1 is 1.47 bits per heavy atom. The minimum absolute atomic E-state index is 0.482. The van der Waals surface area contributed by atoms with Crippen molar-refractivity contribution in [2.24, 2.45) is 11.1 Å². The molecule has 15 heavy (non-hydrogen) atoms. The van der Waals surface area contributed by atoms with Crippen LogP contribution >= 0.6 is 0 Å². The molecule has 3 nitrogen and oxygen atoms in total. The van der Waals surface area contributed by atoms with Crippen LogP contribution in [0.3, 0.4) is 0 Å². The predicted octanol–water partition coefficient (Wildman–Crippen LogP) is 1.52. The Labute approximate surface area is 93.8 Å². The number of nitrogens with one attached hydrogen (secondary N) is 1. The van der Waals surface area contributed by atoms with Crippen LogP contribution in [-0.4, -0.2) is 32.8 Å². The minimum atomic E-state index is 0.482. The summed E-state index contributed by atoms with van der Waals surface area (Å²) in [5.41, 5.74) is 6.07. The van der Waals surface area contributed by atoms with E-state index in [0.29, 0.717) is 11.5 Å². The van der Waals surface area contributed by atoms with E-state index in [9.17, 15) is 0 Å². The first-order valence-electron chi connectivity index (χ1n) is 6.12. The van der Waals surface area contributed by atoms with Crippen molar-refractivity contribution in [2.45, 2.75) is 45.1 Å². The van der Waals surface area contributed by atoms with Gasteiger partial charge in [-0.25, -0.2) is 0 Å². The first kappa shape index (κ1) is 12.9. The second-order valence-electron chi connectivity index (χ2n) is 5.13. The molecule has 1 fully saturated rings. The number of hydrogen-bond acceptors (Lipinski definition) is 3. The van der Waals surface area contributed by atoms with Crippen molar-refractivity contribution in [2.75, 3.05) is 26.8 Å². The summed E-state index contributed by atoms with van der Waals surface area (Å²) in [7, 11) is 1.77. The van der Waals surface area contributed by atoms with Crippen molar-refractivity contribution in [3.63, 3.8) is 0 Å². The standard InChI is InChI=1S/C12H26N2O/c1-12(6-4-7-12)10-14-11(9-15-2)5-3-8-13/h11,14H,3-10,13H2,1-2H3. The van der Waals surface area contributed by atoms with Gasteiger partial charge in [-0.2, -0.15) is 0 Å². The predicted molar refractivity (Wildman–Crippen MR) is 63.9 cm³/mol. The second kappa shape index (κ2) is 6.46. The fourth-order valence-electron chi connectivity index (χ4n) is 2.16. The molecule has 1 unspecified atom stereocenters. The Morgan fingerprint density at radius 3 is 2.67 bits per heavy atom. The fraction of sp³-hybridized carbons (Fsp3) is 1.00. The maximum absolute atomic E-state index is 5.52. The molecule has 0 radical (unpaired) electrons. The summed E-state index contributed by atoms with van der Waals surface area (Å²) in [5, 5.41) is 3.62. The SMILES string of the molecule is COCC(CCCN)NCC1(C)CCC1. The zero-order valence-corrected chi connectivity index (χ0v) is 10.2. The van der Waals surface area contributed by atoms with Crippen molar-refractivity contribution >= 4 is 0 Å². The highest BCUT2D eigenvalue weighted by Crippen LogP contribution is 2.39. The molecule has 1 saturated carbocycles. The molecule has 1 rings (SSSR count). The van der Waals surface area contributed by atoms with Crippen LogP contribution in [0.15, 0.2) is 0 Å². The van der Waals surface area contributed by atoms with Crippen LogP contribution in [0.4, 0.5) is 0 Å². The van der Waals surface area contributed by atoms with Gasteiger partial charge in [0.15, 0.2) is 0 Å². The Balaban J connectivity index is 2.17. The summed E-state index contributed by atoms with van der Waals surface area (Å²) in [6.07, 6.45) is 6.35. The molecular weight excluding hydrogens is 188 g/mol. The molecule has 0 aromatic heterocycles. The molecule has 3 heteroatoms. The van der Waals surface area contributed by atoms with Crippen LogP contribution in [-0.2, 0) is 4.74 Å². The molecule has 0 saturated heterocycles. The average Bonchev–Trinajstić information content (AvgIpc) is 2.19. The molecule has 3 N–H and O–H groups in total. The van der Waals surface area contributed by atoms with Gasteiger partial charge in [-0.05, 0) is 37.6 Å². The average molecular weight is 214 g/mol. The van der Waals surface area contributed by atoms with Crippen LogP contribution in [0, 0.1) is 5.41 Å². The first-order chi connectivity index (χ1) is 7.20. The molecule has 1 aliphatic rings. The van der Waals surface area contributed by atoms with Crippen molar-refractivity contribution in [3.8, 4) is 0 Å². The van der Waals surface area contributed by atoms with E-state index in [4.69, 9.17) is 10.5 Å². The van der Waals surface area contributed by atoms with E-state index < -0.39 is 0 Å². The van der Waals surface area contributed by atoms with Gasteiger partial charge in [0.25, 0.3) is 0 Å². The number of nitrogens with two attached hydrogens (primary N) is 1. The quantitative estimate of drug-likeness (QED) is 0.644. The molecule has 0 aromatic rings. The molecule has 0 amide bonds. The molecule has 0 aliphatic heterocycles. The normalized spacial score (nSPS) is 21.0. The molecule has 1 aliphatic carbocycles. The van der Waals surface area contributed by atoms with Crippen molar-refractivity contribution in [3.05, 3.63) is 0 Å². The number of ether oxygens (including phenoxy) is 1. The highest BCUT2D eigenvalue weighted by Gasteiger charge is 2.31. The van der Waals surface area contributed by atoms with E-state index in [1.807, 2.05) is 0 Å². The molecular formula is C12H26N2O. The van der Waals surface area contributed by atoms with Gasteiger partial charge in [-0.1, -0.05) is 13.3 Å². The third-order valence-electron chi connectivity index (χ3n) is 3.50. The van der Waals surface area contributed by atoms with Crippen molar-refractivity contribution in [1.29, 1.82) is 0 Å². The highest BCUT2D eigenvalue weighted by atomic mass is 16.5. The number of rotatable bonds is 8. The van der Waals surface area contributed by atoms with Gasteiger partial charge in [0.05, 0.1) is 6.61 Å². The Hall–Kier alpha value is -0.120. The lowest BCUT2D eigenvalue weighted by Crippen LogP contribution is -2.43. The number of hydrogen-bond donors (Lipinski definition) is 2. The first-order valence-corrected chi connectivity index (χ1v) is 6.12. The zero-order valence-electron chi connectivity index (χ0n) is 10.2. The minimum Gasteiger partial charge on any atom is -0.383 e. The van der Waals surface area contributed by atoms with Crippen LogP contribution < -0.4 is 11.1 Å². The number of methoxy groups -OCH3 is 1. The van der Waals surface area contributed by atoms with E-state index in [1.165, 1.54) is 19.3 Å². The Bertz CT molecular complexity index is 169. The molecule has 90 valence electrons. The van der Waals surface area contributed by atoms with E-state index in [1.54, 1.807) is 7.11 Å². The second-order valence-corrected chi connectivity index (χ2v) is 5.13. The molecule has 1 atom stereocenters. The smallest absolute Gasteiger partial charge is 0.0615 e. The van der Waals surface area contributed by atoms with Gasteiger partial charge in [-0.15, -0.1) is 0 Å². The van der Waals surface area contributed by atoms with Gasteiger partial charge in [0, 0.05) is 19.7 Å². The lowest BCUT2D eigenvalue weighted by molar-refractivity contribution is 0.121. The third kappa shape index (κ3) is 4.49. The van der Waals surface area contributed by atoms with Crippen molar-refractivity contribution < 1.29 is 4.74 Å². The molecule has 0 bridgehead atoms. The van der Waals surface area contributed by atoms with Gasteiger partial charge in [0.1, 0.15) is 0 Å². The van der Waals surface area contributed by atoms with Crippen LogP contribution in [0.2, 0.25) is 0 Å². The van der Waals surface area contributed by atoms with Crippen molar-refractivity contribution in [1.82, 2.24) is 5.32 Å². The molecule has 0 spiro atoms. The summed E-state index contributed by atoms with van der Waals surface area (Å²) >= 11 is 0. The van der Waals surface area contributed by atoms with E-state index >= 15 is 0 Å². The maximum Gasteiger partial charge on any atom is 0.0615 e. The van der Waals surface area contributed by atoms with Crippen LogP contribution in [0.25, 0.3) is 0 Å². The van der Waals surface area contributed by atoms with E-state index in [2.05, 4.69) is 12.2 Å². The molecule has 0 heterocycles. The monoisotopic (exact) mass is 214 g/mol. The summed E-state index contributed by atoms with van der Waals surface area (Å²) in [6, 6.07) is 0.482. The topological polar surface area (TPSA) is 47.3 Å².